The molecule has 0 unspecified atom stereocenters. The van der Waals surface area contributed by atoms with Crippen molar-refractivity contribution in [3.63, 3.8) is 0 Å². The highest BCUT2D eigenvalue weighted by atomic mass is 19.1. The Labute approximate surface area is 161 Å². The van der Waals surface area contributed by atoms with Gasteiger partial charge in [0.1, 0.15) is 11.5 Å². The minimum absolute atomic E-state index is 0.282. The number of nitrogens with one attached hydrogen (secondary N) is 1. The molecule has 0 bridgehead atoms. The topological polar surface area (TPSA) is 75.8 Å². The van der Waals surface area contributed by atoms with E-state index in [2.05, 4.69) is 39.0 Å². The van der Waals surface area contributed by atoms with Crippen LogP contribution in [0.3, 0.4) is 0 Å². The van der Waals surface area contributed by atoms with Crippen molar-refractivity contribution in [1.82, 2.24) is 29.8 Å². The van der Waals surface area contributed by atoms with Crippen LogP contribution in [0.15, 0.2) is 34.9 Å². The first-order valence-corrected chi connectivity index (χ1v) is 9.45. The Hall–Kier alpha value is -3.00. The van der Waals surface area contributed by atoms with Crippen LogP contribution in [0.5, 0.6) is 0 Å². The maximum Gasteiger partial charge on any atom is 0.159 e. The third kappa shape index (κ3) is 3.09. The van der Waals surface area contributed by atoms with Gasteiger partial charge in [-0.05, 0) is 30.2 Å². The fourth-order valence-electron chi connectivity index (χ4n) is 3.57. The van der Waals surface area contributed by atoms with E-state index in [9.17, 15) is 4.39 Å². The van der Waals surface area contributed by atoms with E-state index >= 15 is 0 Å². The van der Waals surface area contributed by atoms with E-state index in [1.165, 1.54) is 12.1 Å². The fraction of sp³-hybridized carbons (Fsp3) is 0.350. The highest BCUT2D eigenvalue weighted by Gasteiger charge is 2.21. The van der Waals surface area contributed by atoms with Gasteiger partial charge in [-0.25, -0.2) is 9.37 Å². The summed E-state index contributed by atoms with van der Waals surface area (Å²) in [6.07, 6.45) is 0. The van der Waals surface area contributed by atoms with Crippen LogP contribution < -0.4 is 0 Å². The van der Waals surface area contributed by atoms with Crippen molar-refractivity contribution in [2.45, 2.75) is 39.4 Å². The standard InChI is InChI=1S/C20H21FN6O/c1-12(2)17-9-15(28-25-17)11-26-5-6-27-14(10-26)8-19(24-27)20-22-16-4-3-13(21)7-18(16)23-20/h3-4,7-9,12H,5-6,10-11H2,1-2H3,(H,22,23). The number of hydrogen-bond donors (Lipinski definition) is 1. The molecule has 0 fully saturated rings. The van der Waals surface area contributed by atoms with Gasteiger partial charge in [0.05, 0.1) is 35.5 Å². The first-order valence-electron chi connectivity index (χ1n) is 9.45. The number of nitrogens with zero attached hydrogens (tertiary/aromatic N) is 5. The molecule has 4 aromatic rings. The van der Waals surface area contributed by atoms with E-state index in [1.807, 2.05) is 16.8 Å². The second-order valence-electron chi connectivity index (χ2n) is 7.57. The summed E-state index contributed by atoms with van der Waals surface area (Å²) in [4.78, 5) is 10.0. The zero-order valence-corrected chi connectivity index (χ0v) is 15.8. The molecule has 0 saturated heterocycles. The van der Waals surface area contributed by atoms with Crippen LogP contribution >= 0.6 is 0 Å². The molecular formula is C20H21FN6O. The molecule has 0 radical (unpaired) electrons. The maximum absolute atomic E-state index is 13.4. The van der Waals surface area contributed by atoms with Crippen molar-refractivity contribution in [2.24, 2.45) is 0 Å². The summed E-state index contributed by atoms with van der Waals surface area (Å²) >= 11 is 0. The van der Waals surface area contributed by atoms with Crippen LogP contribution in [0, 0.1) is 5.82 Å². The number of halogens is 1. The number of fused-ring (bicyclic) bond motifs is 2. The lowest BCUT2D eigenvalue weighted by atomic mass is 10.1. The van der Waals surface area contributed by atoms with Gasteiger partial charge >= 0.3 is 0 Å². The Balaban J connectivity index is 1.35. The summed E-state index contributed by atoms with van der Waals surface area (Å²) < 4.78 is 20.9. The molecular weight excluding hydrogens is 359 g/mol. The molecule has 5 rings (SSSR count). The molecule has 0 aliphatic carbocycles. The molecule has 3 aromatic heterocycles. The summed E-state index contributed by atoms with van der Waals surface area (Å²) in [5.74, 6) is 1.62. The van der Waals surface area contributed by atoms with Crippen molar-refractivity contribution < 1.29 is 8.91 Å². The van der Waals surface area contributed by atoms with Crippen LogP contribution in [0.25, 0.3) is 22.6 Å². The van der Waals surface area contributed by atoms with Crippen LogP contribution in [-0.4, -0.2) is 36.3 Å². The van der Waals surface area contributed by atoms with Gasteiger partial charge in [0.15, 0.2) is 11.6 Å². The van der Waals surface area contributed by atoms with Crippen molar-refractivity contribution in [1.29, 1.82) is 0 Å². The molecule has 0 amide bonds. The molecule has 1 aliphatic rings. The maximum atomic E-state index is 13.4. The van der Waals surface area contributed by atoms with E-state index in [1.54, 1.807) is 6.07 Å². The summed E-state index contributed by atoms with van der Waals surface area (Å²) in [7, 11) is 0. The third-order valence-electron chi connectivity index (χ3n) is 5.11. The highest BCUT2D eigenvalue weighted by molar-refractivity contribution is 5.78. The summed E-state index contributed by atoms with van der Waals surface area (Å²) in [5.41, 5.74) is 4.29. The molecule has 1 aromatic carbocycles. The summed E-state index contributed by atoms with van der Waals surface area (Å²) in [6.45, 7) is 7.40. The zero-order valence-electron chi connectivity index (χ0n) is 15.8. The average molecular weight is 380 g/mol. The molecule has 7 nitrogen and oxygen atoms in total. The molecule has 1 N–H and O–H groups in total. The van der Waals surface area contributed by atoms with Gasteiger partial charge in [-0.2, -0.15) is 5.10 Å². The third-order valence-corrected chi connectivity index (χ3v) is 5.11. The molecule has 1 aliphatic heterocycles. The molecule has 144 valence electrons. The van der Waals surface area contributed by atoms with Gasteiger partial charge in [-0.3, -0.25) is 9.58 Å². The second-order valence-corrected chi connectivity index (χ2v) is 7.57. The van der Waals surface area contributed by atoms with Crippen LogP contribution in [0.2, 0.25) is 0 Å². The van der Waals surface area contributed by atoms with Crippen molar-refractivity contribution in [2.75, 3.05) is 6.54 Å². The van der Waals surface area contributed by atoms with Crippen molar-refractivity contribution >= 4 is 11.0 Å². The van der Waals surface area contributed by atoms with Gasteiger partial charge in [-0.1, -0.05) is 19.0 Å². The van der Waals surface area contributed by atoms with E-state index in [0.717, 1.165) is 54.5 Å². The minimum atomic E-state index is -0.282. The zero-order chi connectivity index (χ0) is 19.3. The Morgan fingerprint density at radius 3 is 2.93 bits per heavy atom. The number of imidazole rings is 1. The van der Waals surface area contributed by atoms with Crippen molar-refractivity contribution in [3.05, 3.63) is 53.3 Å². The first-order chi connectivity index (χ1) is 13.5. The Bertz CT molecular complexity index is 1140. The normalized spacial score (nSPS) is 14.9. The fourth-order valence-corrected chi connectivity index (χ4v) is 3.57. The summed E-state index contributed by atoms with van der Waals surface area (Å²) in [5, 5.41) is 8.81. The lowest BCUT2D eigenvalue weighted by molar-refractivity contribution is 0.183. The number of aromatic nitrogens is 5. The van der Waals surface area contributed by atoms with Crippen LogP contribution in [-0.2, 0) is 19.6 Å². The second kappa shape index (κ2) is 6.56. The van der Waals surface area contributed by atoms with Gasteiger partial charge in [-0.15, -0.1) is 0 Å². The van der Waals surface area contributed by atoms with Gasteiger partial charge in [0.25, 0.3) is 0 Å². The number of benzene rings is 1. The molecule has 4 heterocycles. The smallest absolute Gasteiger partial charge is 0.159 e. The van der Waals surface area contributed by atoms with E-state index in [-0.39, 0.29) is 5.82 Å². The predicted molar refractivity (Wildman–Crippen MR) is 102 cm³/mol. The molecule has 28 heavy (non-hydrogen) atoms. The van der Waals surface area contributed by atoms with Crippen LogP contribution in [0.1, 0.15) is 36.9 Å². The van der Waals surface area contributed by atoms with Gasteiger partial charge in [0, 0.05) is 19.2 Å². The Morgan fingerprint density at radius 2 is 2.11 bits per heavy atom. The van der Waals surface area contributed by atoms with Crippen LogP contribution in [0.4, 0.5) is 4.39 Å². The summed E-state index contributed by atoms with van der Waals surface area (Å²) in [6, 6.07) is 8.62. The molecule has 0 atom stereocenters. The SMILES string of the molecule is CC(C)c1cc(CN2CCn3nc(-c4nc5ccc(F)cc5[nH]4)cc3C2)on1. The predicted octanol–water partition coefficient (Wildman–Crippen LogP) is 3.69. The number of rotatable bonds is 4. The quantitative estimate of drug-likeness (QED) is 0.584. The average Bonchev–Trinajstić information content (AvgIpc) is 3.38. The number of H-pyrrole nitrogens is 1. The lowest BCUT2D eigenvalue weighted by Gasteiger charge is -2.26. The molecule has 0 saturated carbocycles. The van der Waals surface area contributed by atoms with E-state index in [0.29, 0.717) is 17.3 Å². The Kier molecular flexibility index (Phi) is 4.01. The lowest BCUT2D eigenvalue weighted by Crippen LogP contribution is -2.33. The largest absolute Gasteiger partial charge is 0.360 e. The van der Waals surface area contributed by atoms with E-state index in [4.69, 9.17) is 4.52 Å². The van der Waals surface area contributed by atoms with Crippen molar-refractivity contribution in [3.8, 4) is 11.5 Å². The highest BCUT2D eigenvalue weighted by Crippen LogP contribution is 2.24. The Morgan fingerprint density at radius 1 is 1.21 bits per heavy atom. The molecule has 8 heteroatoms. The van der Waals surface area contributed by atoms with E-state index < -0.39 is 0 Å². The first kappa shape index (κ1) is 17.1. The number of aromatic amines is 1. The monoisotopic (exact) mass is 380 g/mol. The minimum Gasteiger partial charge on any atom is -0.360 e. The number of hydrogen-bond acceptors (Lipinski definition) is 5. The molecule has 0 spiro atoms. The van der Waals surface area contributed by atoms with Gasteiger partial charge in [0.2, 0.25) is 0 Å². The van der Waals surface area contributed by atoms with Gasteiger partial charge < -0.3 is 9.51 Å².